The molecule has 2 rings (SSSR count). The van der Waals surface area contributed by atoms with E-state index in [0.717, 1.165) is 22.4 Å². The SMILES string of the molecule is CCn1nc(C)c(Br)c1Cn1cc(CC(=O)O)nn1. The summed E-state index contributed by atoms with van der Waals surface area (Å²) in [4.78, 5) is 10.6. The zero-order valence-corrected chi connectivity index (χ0v) is 12.3. The highest BCUT2D eigenvalue weighted by atomic mass is 79.9. The molecule has 2 heterocycles. The van der Waals surface area contributed by atoms with Crippen molar-refractivity contribution in [2.45, 2.75) is 33.4 Å². The first kappa shape index (κ1) is 13.7. The van der Waals surface area contributed by atoms with Gasteiger partial charge in [0.25, 0.3) is 0 Å². The number of aryl methyl sites for hydroxylation is 2. The number of rotatable bonds is 5. The first-order chi connectivity index (χ1) is 9.01. The molecule has 0 aromatic carbocycles. The van der Waals surface area contributed by atoms with Crippen molar-refractivity contribution in [1.29, 1.82) is 0 Å². The first-order valence-corrected chi connectivity index (χ1v) is 6.63. The number of aromatic nitrogens is 5. The van der Waals surface area contributed by atoms with Crippen LogP contribution in [-0.4, -0.2) is 35.9 Å². The van der Waals surface area contributed by atoms with Crippen LogP contribution in [-0.2, 0) is 24.3 Å². The van der Waals surface area contributed by atoms with Crippen LogP contribution < -0.4 is 0 Å². The maximum Gasteiger partial charge on any atom is 0.309 e. The van der Waals surface area contributed by atoms with E-state index in [4.69, 9.17) is 5.11 Å². The van der Waals surface area contributed by atoms with Gasteiger partial charge < -0.3 is 5.11 Å². The topological polar surface area (TPSA) is 85.8 Å². The van der Waals surface area contributed by atoms with E-state index < -0.39 is 5.97 Å². The van der Waals surface area contributed by atoms with E-state index in [1.807, 2.05) is 18.5 Å². The average Bonchev–Trinajstić information content (AvgIpc) is 2.88. The molecular formula is C11H14BrN5O2. The summed E-state index contributed by atoms with van der Waals surface area (Å²) in [5.41, 5.74) is 2.36. The molecule has 0 aliphatic carbocycles. The summed E-state index contributed by atoms with van der Waals surface area (Å²) in [5, 5.41) is 20.9. The zero-order chi connectivity index (χ0) is 14.0. The predicted octanol–water partition coefficient (Wildman–Crippen LogP) is 1.24. The maximum atomic E-state index is 10.6. The van der Waals surface area contributed by atoms with Crippen molar-refractivity contribution in [2.75, 3.05) is 0 Å². The Hall–Kier alpha value is -1.70. The second-order valence-corrected chi connectivity index (χ2v) is 4.93. The van der Waals surface area contributed by atoms with Gasteiger partial charge in [-0.1, -0.05) is 5.21 Å². The Morgan fingerprint density at radius 2 is 2.26 bits per heavy atom. The van der Waals surface area contributed by atoms with E-state index in [2.05, 4.69) is 31.3 Å². The Balaban J connectivity index is 2.21. The molecule has 0 atom stereocenters. The van der Waals surface area contributed by atoms with Crippen LogP contribution in [0.15, 0.2) is 10.7 Å². The molecule has 0 saturated heterocycles. The number of halogens is 1. The monoisotopic (exact) mass is 327 g/mol. The van der Waals surface area contributed by atoms with Crippen molar-refractivity contribution >= 4 is 21.9 Å². The van der Waals surface area contributed by atoms with Crippen LogP contribution in [0, 0.1) is 6.92 Å². The molecule has 102 valence electrons. The van der Waals surface area contributed by atoms with Crippen molar-refractivity contribution in [1.82, 2.24) is 24.8 Å². The number of carboxylic acid groups (broad SMARTS) is 1. The van der Waals surface area contributed by atoms with Crippen LogP contribution in [0.5, 0.6) is 0 Å². The Bertz CT molecular complexity index is 604. The molecule has 0 bridgehead atoms. The van der Waals surface area contributed by atoms with Gasteiger partial charge in [0.2, 0.25) is 0 Å². The van der Waals surface area contributed by atoms with Gasteiger partial charge in [0, 0.05) is 12.7 Å². The Morgan fingerprint density at radius 3 is 2.89 bits per heavy atom. The third-order valence-corrected chi connectivity index (χ3v) is 3.71. The second kappa shape index (κ2) is 5.52. The van der Waals surface area contributed by atoms with Gasteiger partial charge in [-0.05, 0) is 29.8 Å². The highest BCUT2D eigenvalue weighted by Crippen LogP contribution is 2.21. The normalized spacial score (nSPS) is 10.9. The van der Waals surface area contributed by atoms with Gasteiger partial charge in [-0.15, -0.1) is 5.10 Å². The zero-order valence-electron chi connectivity index (χ0n) is 10.7. The molecule has 0 radical (unpaired) electrons. The summed E-state index contributed by atoms with van der Waals surface area (Å²) < 4.78 is 4.45. The van der Waals surface area contributed by atoms with Crippen LogP contribution in [0.3, 0.4) is 0 Å². The van der Waals surface area contributed by atoms with Crippen LogP contribution in [0.2, 0.25) is 0 Å². The summed E-state index contributed by atoms with van der Waals surface area (Å²) in [6.07, 6.45) is 1.52. The van der Waals surface area contributed by atoms with E-state index in [1.54, 1.807) is 10.9 Å². The van der Waals surface area contributed by atoms with Gasteiger partial charge in [-0.25, -0.2) is 4.68 Å². The van der Waals surface area contributed by atoms with E-state index in [-0.39, 0.29) is 6.42 Å². The number of carboxylic acids is 1. The fourth-order valence-corrected chi connectivity index (χ4v) is 2.23. The minimum absolute atomic E-state index is 0.118. The molecule has 2 aromatic heterocycles. The molecule has 0 spiro atoms. The van der Waals surface area contributed by atoms with Crippen LogP contribution in [0.1, 0.15) is 24.0 Å². The molecule has 0 aliphatic rings. The minimum Gasteiger partial charge on any atom is -0.481 e. The van der Waals surface area contributed by atoms with Gasteiger partial charge in [-0.3, -0.25) is 9.48 Å². The average molecular weight is 328 g/mol. The number of carbonyl (C=O) groups is 1. The van der Waals surface area contributed by atoms with Crippen molar-refractivity contribution < 1.29 is 9.90 Å². The van der Waals surface area contributed by atoms with Crippen molar-refractivity contribution in [3.05, 3.63) is 27.8 Å². The smallest absolute Gasteiger partial charge is 0.309 e. The van der Waals surface area contributed by atoms with Crippen molar-refractivity contribution in [3.8, 4) is 0 Å². The van der Waals surface area contributed by atoms with Crippen LogP contribution >= 0.6 is 15.9 Å². The predicted molar refractivity (Wildman–Crippen MR) is 70.8 cm³/mol. The molecule has 19 heavy (non-hydrogen) atoms. The van der Waals surface area contributed by atoms with Gasteiger partial charge in [-0.2, -0.15) is 5.10 Å². The van der Waals surface area contributed by atoms with Gasteiger partial charge in [0.05, 0.1) is 34.5 Å². The summed E-state index contributed by atoms with van der Waals surface area (Å²) in [6.45, 7) is 5.21. The third kappa shape index (κ3) is 3.01. The van der Waals surface area contributed by atoms with Crippen LogP contribution in [0.4, 0.5) is 0 Å². The Kier molecular flexibility index (Phi) is 3.98. The minimum atomic E-state index is -0.914. The maximum absolute atomic E-state index is 10.6. The van der Waals surface area contributed by atoms with Gasteiger partial charge in [0.15, 0.2) is 0 Å². The molecule has 0 fully saturated rings. The molecular weight excluding hydrogens is 314 g/mol. The molecule has 7 nitrogen and oxygen atoms in total. The lowest BCUT2D eigenvalue weighted by Gasteiger charge is -2.04. The first-order valence-electron chi connectivity index (χ1n) is 5.83. The lowest BCUT2D eigenvalue weighted by molar-refractivity contribution is -0.136. The van der Waals surface area contributed by atoms with Crippen molar-refractivity contribution in [2.24, 2.45) is 0 Å². The number of aliphatic carboxylic acids is 1. The highest BCUT2D eigenvalue weighted by molar-refractivity contribution is 9.10. The van der Waals surface area contributed by atoms with Gasteiger partial charge in [0.1, 0.15) is 0 Å². The summed E-state index contributed by atoms with van der Waals surface area (Å²) in [6, 6.07) is 0. The third-order valence-electron chi connectivity index (χ3n) is 2.68. The fourth-order valence-electron chi connectivity index (χ4n) is 1.83. The summed E-state index contributed by atoms with van der Waals surface area (Å²) >= 11 is 3.51. The van der Waals surface area contributed by atoms with Crippen LogP contribution in [0.25, 0.3) is 0 Å². The number of nitrogens with zero attached hydrogens (tertiary/aromatic N) is 5. The van der Waals surface area contributed by atoms with Gasteiger partial charge >= 0.3 is 5.97 Å². The van der Waals surface area contributed by atoms with E-state index in [9.17, 15) is 4.79 Å². The fraction of sp³-hybridized carbons (Fsp3) is 0.455. The summed E-state index contributed by atoms with van der Waals surface area (Å²) in [7, 11) is 0. The standard InChI is InChI=1S/C11H14BrN5O2/c1-3-17-9(11(12)7(2)14-17)6-16-5-8(13-15-16)4-10(18)19/h5H,3-4,6H2,1-2H3,(H,18,19). The summed E-state index contributed by atoms with van der Waals surface area (Å²) in [5.74, 6) is -0.914. The molecule has 0 amide bonds. The Labute approximate surface area is 118 Å². The molecule has 2 aromatic rings. The van der Waals surface area contributed by atoms with E-state index in [0.29, 0.717) is 12.2 Å². The van der Waals surface area contributed by atoms with Crippen molar-refractivity contribution in [3.63, 3.8) is 0 Å². The Morgan fingerprint density at radius 1 is 1.53 bits per heavy atom. The van der Waals surface area contributed by atoms with E-state index in [1.165, 1.54) is 0 Å². The molecule has 0 aliphatic heterocycles. The molecule has 0 unspecified atom stereocenters. The second-order valence-electron chi connectivity index (χ2n) is 4.14. The molecule has 1 N–H and O–H groups in total. The lowest BCUT2D eigenvalue weighted by atomic mass is 10.3. The molecule has 0 saturated carbocycles. The quantitative estimate of drug-likeness (QED) is 0.892. The largest absolute Gasteiger partial charge is 0.481 e. The number of hydrogen-bond donors (Lipinski definition) is 1. The highest BCUT2D eigenvalue weighted by Gasteiger charge is 2.14. The number of hydrogen-bond acceptors (Lipinski definition) is 4. The van der Waals surface area contributed by atoms with E-state index >= 15 is 0 Å². The lowest BCUT2D eigenvalue weighted by Crippen LogP contribution is -2.09. The molecule has 8 heteroatoms.